The van der Waals surface area contributed by atoms with Gasteiger partial charge in [-0.1, -0.05) is 11.6 Å². The molecule has 1 heterocycles. The van der Waals surface area contributed by atoms with Crippen molar-refractivity contribution in [2.45, 2.75) is 6.42 Å². The maximum atomic E-state index is 11.6. The van der Waals surface area contributed by atoms with E-state index in [2.05, 4.69) is 5.32 Å². The summed E-state index contributed by atoms with van der Waals surface area (Å²) in [6.45, 7) is 0.571. The fraction of sp³-hybridized carbons (Fsp3) is 0.154. The second-order valence-corrected chi connectivity index (χ2v) is 4.02. The molecule has 0 bridgehead atoms. The second kappa shape index (κ2) is 5.55. The van der Waals surface area contributed by atoms with Crippen LogP contribution < -0.4 is 5.32 Å². The molecule has 0 unspecified atom stereocenters. The van der Waals surface area contributed by atoms with Gasteiger partial charge in [0.05, 0.1) is 6.26 Å². The Morgan fingerprint density at radius 2 is 2.00 bits per heavy atom. The first-order chi connectivity index (χ1) is 8.25. The number of ketones is 1. The van der Waals surface area contributed by atoms with Crippen LogP contribution in [0.25, 0.3) is 0 Å². The standard InChI is InChI=1S/C13H12ClNO2/c14-10-3-5-11(6-4-10)15-8-7-12(16)13-2-1-9-17-13/h1-6,9,15H,7-8H2. The van der Waals surface area contributed by atoms with Crippen LogP contribution in [0.2, 0.25) is 5.02 Å². The molecule has 0 spiro atoms. The Morgan fingerprint density at radius 1 is 1.24 bits per heavy atom. The van der Waals surface area contributed by atoms with E-state index in [0.29, 0.717) is 23.7 Å². The van der Waals surface area contributed by atoms with Crippen LogP contribution in [0.5, 0.6) is 0 Å². The van der Waals surface area contributed by atoms with E-state index < -0.39 is 0 Å². The Bertz CT molecular complexity index is 477. The molecular weight excluding hydrogens is 238 g/mol. The molecular formula is C13H12ClNO2. The number of benzene rings is 1. The lowest BCUT2D eigenvalue weighted by atomic mass is 10.2. The maximum Gasteiger partial charge on any atom is 0.199 e. The first kappa shape index (κ1) is 11.7. The monoisotopic (exact) mass is 249 g/mol. The molecule has 0 aliphatic heterocycles. The Labute approximate surface area is 104 Å². The average Bonchev–Trinajstić information content (AvgIpc) is 2.85. The molecule has 1 N–H and O–H groups in total. The molecule has 2 rings (SSSR count). The first-order valence-electron chi connectivity index (χ1n) is 5.32. The molecule has 0 radical (unpaired) electrons. The van der Waals surface area contributed by atoms with Crippen molar-refractivity contribution in [2.75, 3.05) is 11.9 Å². The van der Waals surface area contributed by atoms with Gasteiger partial charge in [-0.15, -0.1) is 0 Å². The van der Waals surface area contributed by atoms with Crippen LogP contribution in [-0.4, -0.2) is 12.3 Å². The summed E-state index contributed by atoms with van der Waals surface area (Å²) in [6, 6.07) is 10.7. The predicted molar refractivity (Wildman–Crippen MR) is 67.6 cm³/mol. The minimum atomic E-state index is -0.00327. The third-order valence-electron chi connectivity index (χ3n) is 2.32. The van der Waals surface area contributed by atoms with E-state index in [9.17, 15) is 4.79 Å². The molecule has 88 valence electrons. The third kappa shape index (κ3) is 3.36. The Balaban J connectivity index is 1.80. The van der Waals surface area contributed by atoms with Gasteiger partial charge < -0.3 is 9.73 Å². The topological polar surface area (TPSA) is 42.2 Å². The van der Waals surface area contributed by atoms with Crippen LogP contribution in [0.3, 0.4) is 0 Å². The summed E-state index contributed by atoms with van der Waals surface area (Å²) >= 11 is 5.77. The number of furan rings is 1. The Hall–Kier alpha value is -1.74. The highest BCUT2D eigenvalue weighted by Gasteiger charge is 2.07. The van der Waals surface area contributed by atoms with Crippen molar-refractivity contribution in [3.8, 4) is 0 Å². The summed E-state index contributed by atoms with van der Waals surface area (Å²) in [6.07, 6.45) is 1.90. The van der Waals surface area contributed by atoms with Gasteiger partial charge in [0.2, 0.25) is 0 Å². The highest BCUT2D eigenvalue weighted by atomic mass is 35.5. The van der Waals surface area contributed by atoms with Crippen LogP contribution >= 0.6 is 11.6 Å². The van der Waals surface area contributed by atoms with Crippen LogP contribution in [0.4, 0.5) is 5.69 Å². The van der Waals surface area contributed by atoms with Crippen molar-refractivity contribution < 1.29 is 9.21 Å². The van der Waals surface area contributed by atoms with E-state index in [1.807, 2.05) is 12.1 Å². The average molecular weight is 250 g/mol. The number of nitrogens with one attached hydrogen (secondary N) is 1. The molecule has 0 amide bonds. The molecule has 17 heavy (non-hydrogen) atoms. The number of carbonyl (C=O) groups excluding carboxylic acids is 1. The molecule has 2 aromatic rings. The number of Topliss-reactive ketones (excluding diaryl/α,β-unsaturated/α-hetero) is 1. The van der Waals surface area contributed by atoms with E-state index in [1.165, 1.54) is 6.26 Å². The van der Waals surface area contributed by atoms with E-state index in [4.69, 9.17) is 16.0 Å². The molecule has 1 aromatic carbocycles. The van der Waals surface area contributed by atoms with Crippen molar-refractivity contribution in [1.29, 1.82) is 0 Å². The van der Waals surface area contributed by atoms with Gasteiger partial charge in [0.25, 0.3) is 0 Å². The quantitative estimate of drug-likeness (QED) is 0.823. The summed E-state index contributed by atoms with van der Waals surface area (Å²) in [5, 5.41) is 3.84. The largest absolute Gasteiger partial charge is 0.461 e. The lowest BCUT2D eigenvalue weighted by Gasteiger charge is -2.04. The van der Waals surface area contributed by atoms with Gasteiger partial charge in [-0.25, -0.2) is 0 Å². The van der Waals surface area contributed by atoms with Crippen LogP contribution in [0, 0.1) is 0 Å². The molecule has 0 fully saturated rings. The fourth-order valence-electron chi connectivity index (χ4n) is 1.45. The molecule has 4 heteroatoms. The molecule has 1 aromatic heterocycles. The summed E-state index contributed by atoms with van der Waals surface area (Å²) in [5.74, 6) is 0.402. The van der Waals surface area contributed by atoms with Crippen molar-refractivity contribution >= 4 is 23.1 Å². The van der Waals surface area contributed by atoms with Gasteiger partial charge in [-0.05, 0) is 36.4 Å². The molecule has 3 nitrogen and oxygen atoms in total. The maximum absolute atomic E-state index is 11.6. The highest BCUT2D eigenvalue weighted by molar-refractivity contribution is 6.30. The van der Waals surface area contributed by atoms with Gasteiger partial charge >= 0.3 is 0 Å². The molecule has 0 aliphatic carbocycles. The van der Waals surface area contributed by atoms with Gasteiger partial charge in [0.1, 0.15) is 0 Å². The summed E-state index contributed by atoms with van der Waals surface area (Å²) in [7, 11) is 0. The van der Waals surface area contributed by atoms with Crippen LogP contribution in [0.1, 0.15) is 17.0 Å². The highest BCUT2D eigenvalue weighted by Crippen LogP contribution is 2.13. The number of rotatable bonds is 5. The predicted octanol–water partition coefficient (Wildman–Crippen LogP) is 3.62. The molecule has 0 atom stereocenters. The van der Waals surface area contributed by atoms with Gasteiger partial charge in [0, 0.05) is 23.7 Å². The van der Waals surface area contributed by atoms with E-state index in [-0.39, 0.29) is 5.78 Å². The SMILES string of the molecule is O=C(CCNc1ccc(Cl)cc1)c1ccco1. The van der Waals surface area contributed by atoms with Crippen LogP contribution in [0.15, 0.2) is 47.1 Å². The minimum absolute atomic E-state index is 0.00327. The summed E-state index contributed by atoms with van der Waals surface area (Å²) in [4.78, 5) is 11.6. The van der Waals surface area contributed by atoms with E-state index in [1.54, 1.807) is 24.3 Å². The third-order valence-corrected chi connectivity index (χ3v) is 2.57. The zero-order valence-corrected chi connectivity index (χ0v) is 9.91. The van der Waals surface area contributed by atoms with Gasteiger partial charge in [-0.2, -0.15) is 0 Å². The summed E-state index contributed by atoms with van der Waals surface area (Å²) in [5.41, 5.74) is 0.946. The Morgan fingerprint density at radius 3 is 2.65 bits per heavy atom. The smallest absolute Gasteiger partial charge is 0.199 e. The van der Waals surface area contributed by atoms with Crippen molar-refractivity contribution in [3.05, 3.63) is 53.4 Å². The van der Waals surface area contributed by atoms with Crippen molar-refractivity contribution in [1.82, 2.24) is 0 Å². The van der Waals surface area contributed by atoms with E-state index in [0.717, 1.165) is 5.69 Å². The molecule has 0 saturated heterocycles. The number of hydrogen-bond donors (Lipinski definition) is 1. The number of hydrogen-bond acceptors (Lipinski definition) is 3. The lowest BCUT2D eigenvalue weighted by Crippen LogP contribution is -2.08. The summed E-state index contributed by atoms with van der Waals surface area (Å²) < 4.78 is 5.02. The number of carbonyl (C=O) groups is 1. The fourth-order valence-corrected chi connectivity index (χ4v) is 1.57. The lowest BCUT2D eigenvalue weighted by molar-refractivity contribution is 0.0960. The number of halogens is 1. The second-order valence-electron chi connectivity index (χ2n) is 3.58. The Kier molecular flexibility index (Phi) is 3.83. The number of anilines is 1. The zero-order chi connectivity index (χ0) is 12.1. The molecule has 0 saturated carbocycles. The van der Waals surface area contributed by atoms with Gasteiger partial charge in [-0.3, -0.25) is 4.79 Å². The van der Waals surface area contributed by atoms with Gasteiger partial charge in [0.15, 0.2) is 11.5 Å². The van der Waals surface area contributed by atoms with Crippen LogP contribution in [-0.2, 0) is 0 Å². The minimum Gasteiger partial charge on any atom is -0.461 e. The normalized spacial score (nSPS) is 10.2. The first-order valence-corrected chi connectivity index (χ1v) is 5.69. The molecule has 0 aliphatic rings. The van der Waals surface area contributed by atoms with Crippen molar-refractivity contribution in [2.24, 2.45) is 0 Å². The van der Waals surface area contributed by atoms with Crippen molar-refractivity contribution in [3.63, 3.8) is 0 Å². The zero-order valence-electron chi connectivity index (χ0n) is 9.15. The van der Waals surface area contributed by atoms with E-state index >= 15 is 0 Å².